The highest BCUT2D eigenvalue weighted by Crippen LogP contribution is 2.11. The smallest absolute Gasteiger partial charge is 0.0772 e. The van der Waals surface area contributed by atoms with Gasteiger partial charge in [-0.15, -0.1) is 0 Å². The van der Waals surface area contributed by atoms with Crippen molar-refractivity contribution >= 4 is 10.8 Å². The summed E-state index contributed by atoms with van der Waals surface area (Å²) in [5, 5.41) is 1.83. The zero-order valence-corrected chi connectivity index (χ0v) is 13.0. The summed E-state index contributed by atoms with van der Waals surface area (Å²) in [6.45, 7) is 4.28. The van der Waals surface area contributed by atoms with Gasteiger partial charge in [-0.25, -0.2) is 4.21 Å². The largest absolute Gasteiger partial charge is 0.250 e. The number of unbranched alkanes of at least 4 members (excludes halogenated alkanes) is 6. The lowest BCUT2D eigenvalue weighted by Crippen LogP contribution is -1.86. The molecule has 0 saturated carbocycles. The van der Waals surface area contributed by atoms with Gasteiger partial charge in [0.25, 0.3) is 0 Å². The number of hydrogen-bond acceptors (Lipinski definition) is 1. The Morgan fingerprint density at radius 1 is 1.00 bits per heavy atom. The van der Waals surface area contributed by atoms with Crippen molar-refractivity contribution in [3.8, 4) is 0 Å². The van der Waals surface area contributed by atoms with Gasteiger partial charge in [0, 0.05) is 10.3 Å². The molecule has 0 amide bonds. The molecule has 0 N–H and O–H groups in total. The Balaban J connectivity index is 2.18. The molecule has 1 nitrogen and oxygen atoms in total. The Hall–Kier alpha value is -0.890. The molecule has 0 aliphatic rings. The van der Waals surface area contributed by atoms with Crippen LogP contribution in [-0.4, -0.2) is 4.21 Å². The monoisotopic (exact) mass is 278 g/mol. The van der Waals surface area contributed by atoms with E-state index >= 15 is 0 Å². The molecule has 1 aromatic rings. The first-order chi connectivity index (χ1) is 9.24. The molecular weight excluding hydrogens is 252 g/mol. The molecule has 106 valence electrons. The van der Waals surface area contributed by atoms with E-state index in [1.165, 1.54) is 44.1 Å². The van der Waals surface area contributed by atoms with Crippen LogP contribution in [-0.2, 0) is 10.8 Å². The maximum atomic E-state index is 12.0. The first kappa shape index (κ1) is 16.2. The van der Waals surface area contributed by atoms with Crippen molar-refractivity contribution in [2.24, 2.45) is 0 Å². The topological polar surface area (TPSA) is 17.1 Å². The maximum Gasteiger partial charge on any atom is 0.0772 e. The van der Waals surface area contributed by atoms with Crippen LogP contribution in [0.25, 0.3) is 0 Å². The van der Waals surface area contributed by atoms with E-state index in [9.17, 15) is 4.21 Å². The first-order valence-electron chi connectivity index (χ1n) is 7.38. The number of allylic oxidation sites excluding steroid dienone is 1. The Morgan fingerprint density at radius 2 is 1.63 bits per heavy atom. The summed E-state index contributed by atoms with van der Waals surface area (Å²) in [5.41, 5.74) is 1.21. The standard InChI is InChI=1S/C17H26OS/c1-3-4-5-6-7-8-9-10-15-19(18)17-13-11-16(2)12-14-17/h10-15H,3-9H2,1-2H3/b15-10+. The molecule has 0 saturated heterocycles. The van der Waals surface area contributed by atoms with Gasteiger partial charge in [0.05, 0.1) is 10.8 Å². The van der Waals surface area contributed by atoms with Crippen LogP contribution in [0.1, 0.15) is 57.4 Å². The van der Waals surface area contributed by atoms with Crippen molar-refractivity contribution in [1.29, 1.82) is 0 Å². The summed E-state index contributed by atoms with van der Waals surface area (Å²) in [7, 11) is -0.982. The molecule has 1 atom stereocenters. The molecular formula is C17H26OS. The molecule has 0 aliphatic heterocycles. The van der Waals surface area contributed by atoms with Gasteiger partial charge in [-0.3, -0.25) is 0 Å². The van der Waals surface area contributed by atoms with Crippen LogP contribution in [0.5, 0.6) is 0 Å². The molecule has 0 bridgehead atoms. The maximum absolute atomic E-state index is 12.0. The highest BCUT2D eigenvalue weighted by molar-refractivity contribution is 7.88. The fraction of sp³-hybridized carbons (Fsp3) is 0.529. The molecule has 2 heteroatoms. The van der Waals surface area contributed by atoms with Gasteiger partial charge in [-0.05, 0) is 31.9 Å². The van der Waals surface area contributed by atoms with Gasteiger partial charge < -0.3 is 0 Å². The Bertz CT molecular complexity index is 392. The fourth-order valence-electron chi connectivity index (χ4n) is 1.95. The number of rotatable bonds is 9. The van der Waals surface area contributed by atoms with E-state index in [1.54, 1.807) is 0 Å². The molecule has 19 heavy (non-hydrogen) atoms. The average Bonchev–Trinajstić information content (AvgIpc) is 2.42. The van der Waals surface area contributed by atoms with Crippen LogP contribution < -0.4 is 0 Å². The SMILES string of the molecule is CCCCCCCC/C=C/S(=O)c1ccc(C)cc1. The second-order valence-electron chi connectivity index (χ2n) is 5.04. The van der Waals surface area contributed by atoms with Gasteiger partial charge in [0.15, 0.2) is 0 Å². The predicted octanol–water partition coefficient (Wildman–Crippen LogP) is 5.37. The molecule has 1 aromatic carbocycles. The number of hydrogen-bond donors (Lipinski definition) is 0. The van der Waals surface area contributed by atoms with Gasteiger partial charge in [-0.1, -0.05) is 62.8 Å². The van der Waals surface area contributed by atoms with E-state index in [0.717, 1.165) is 11.3 Å². The van der Waals surface area contributed by atoms with Crippen LogP contribution in [0, 0.1) is 6.92 Å². The van der Waals surface area contributed by atoms with Crippen molar-refractivity contribution in [3.63, 3.8) is 0 Å². The lowest BCUT2D eigenvalue weighted by atomic mass is 10.1. The van der Waals surface area contributed by atoms with Gasteiger partial charge in [0.1, 0.15) is 0 Å². The molecule has 0 aliphatic carbocycles. The number of benzene rings is 1. The normalized spacial score (nSPS) is 12.9. The second kappa shape index (κ2) is 9.96. The van der Waals surface area contributed by atoms with E-state index in [4.69, 9.17) is 0 Å². The Morgan fingerprint density at radius 3 is 2.32 bits per heavy atom. The third kappa shape index (κ3) is 7.31. The van der Waals surface area contributed by atoms with E-state index < -0.39 is 10.8 Å². The average molecular weight is 278 g/mol. The molecule has 0 radical (unpaired) electrons. The van der Waals surface area contributed by atoms with Crippen LogP contribution in [0.15, 0.2) is 40.6 Å². The van der Waals surface area contributed by atoms with E-state index in [0.29, 0.717) is 0 Å². The molecule has 0 heterocycles. The summed E-state index contributed by atoms with van der Waals surface area (Å²) in [6.07, 6.45) is 11.0. The van der Waals surface area contributed by atoms with Crippen molar-refractivity contribution < 1.29 is 4.21 Å². The van der Waals surface area contributed by atoms with E-state index in [2.05, 4.69) is 13.0 Å². The van der Waals surface area contributed by atoms with Crippen molar-refractivity contribution in [3.05, 3.63) is 41.3 Å². The van der Waals surface area contributed by atoms with Crippen molar-refractivity contribution in [1.82, 2.24) is 0 Å². The van der Waals surface area contributed by atoms with E-state index in [-0.39, 0.29) is 0 Å². The van der Waals surface area contributed by atoms with Crippen molar-refractivity contribution in [2.45, 2.75) is 63.7 Å². The second-order valence-corrected chi connectivity index (χ2v) is 6.38. The van der Waals surface area contributed by atoms with Gasteiger partial charge in [0.2, 0.25) is 0 Å². The molecule has 0 aromatic heterocycles. The summed E-state index contributed by atoms with van der Waals surface area (Å²) in [5.74, 6) is 0. The zero-order chi connectivity index (χ0) is 13.9. The third-order valence-corrected chi connectivity index (χ3v) is 4.37. The summed E-state index contributed by atoms with van der Waals surface area (Å²) < 4.78 is 12.0. The molecule has 0 fully saturated rings. The third-order valence-electron chi connectivity index (χ3n) is 3.20. The minimum absolute atomic E-state index is 0.893. The zero-order valence-electron chi connectivity index (χ0n) is 12.2. The lowest BCUT2D eigenvalue weighted by molar-refractivity contribution is 0.611. The Kier molecular flexibility index (Phi) is 8.48. The van der Waals surface area contributed by atoms with Crippen LogP contribution in [0.4, 0.5) is 0 Å². The molecule has 1 unspecified atom stereocenters. The van der Waals surface area contributed by atoms with E-state index in [1.807, 2.05) is 36.6 Å². The van der Waals surface area contributed by atoms with Gasteiger partial charge >= 0.3 is 0 Å². The minimum Gasteiger partial charge on any atom is -0.250 e. The van der Waals surface area contributed by atoms with Crippen molar-refractivity contribution in [2.75, 3.05) is 0 Å². The fourth-order valence-corrected chi connectivity index (χ4v) is 2.82. The predicted molar refractivity (Wildman–Crippen MR) is 84.7 cm³/mol. The summed E-state index contributed by atoms with van der Waals surface area (Å²) in [4.78, 5) is 0.893. The highest BCUT2D eigenvalue weighted by Gasteiger charge is 1.98. The van der Waals surface area contributed by atoms with Crippen LogP contribution in [0.3, 0.4) is 0 Å². The van der Waals surface area contributed by atoms with Crippen LogP contribution in [0.2, 0.25) is 0 Å². The lowest BCUT2D eigenvalue weighted by Gasteiger charge is -1.99. The number of aryl methyl sites for hydroxylation is 1. The quantitative estimate of drug-likeness (QED) is 0.555. The summed E-state index contributed by atoms with van der Waals surface area (Å²) in [6, 6.07) is 7.91. The molecule has 0 spiro atoms. The first-order valence-corrected chi connectivity index (χ1v) is 8.59. The van der Waals surface area contributed by atoms with Crippen LogP contribution >= 0.6 is 0 Å². The van der Waals surface area contributed by atoms with Gasteiger partial charge in [-0.2, -0.15) is 0 Å². The highest BCUT2D eigenvalue weighted by atomic mass is 32.2. The molecule has 1 rings (SSSR count). The summed E-state index contributed by atoms with van der Waals surface area (Å²) >= 11 is 0. The minimum atomic E-state index is -0.982. The Labute approximate surface area is 120 Å².